The van der Waals surface area contributed by atoms with Crippen LogP contribution >= 0.6 is 0 Å². The Morgan fingerprint density at radius 3 is 2.56 bits per heavy atom. The average molecular weight is 372 g/mol. The number of aryl methyl sites for hydroxylation is 1. The molecular formula is C21H25FN2O3. The number of carbonyl (C=O) groups is 2. The molecule has 0 unspecified atom stereocenters. The van der Waals surface area contributed by atoms with Crippen LogP contribution < -0.4 is 15.4 Å². The Balaban J connectivity index is 1.83. The lowest BCUT2D eigenvalue weighted by atomic mass is 10.1. The van der Waals surface area contributed by atoms with Crippen molar-refractivity contribution >= 4 is 17.5 Å². The summed E-state index contributed by atoms with van der Waals surface area (Å²) >= 11 is 0. The molecule has 0 saturated carbocycles. The van der Waals surface area contributed by atoms with Gasteiger partial charge < -0.3 is 15.4 Å². The lowest BCUT2D eigenvalue weighted by Crippen LogP contribution is -2.23. The SMILES string of the molecule is COc1ccc(CCC(=O)NCc2cccc(NC(=O)C(C)C)c2)cc1F. The van der Waals surface area contributed by atoms with Gasteiger partial charge in [-0.05, 0) is 41.8 Å². The molecule has 144 valence electrons. The van der Waals surface area contributed by atoms with Gasteiger partial charge in [-0.2, -0.15) is 0 Å². The summed E-state index contributed by atoms with van der Waals surface area (Å²) in [6, 6.07) is 12.0. The molecule has 2 rings (SSSR count). The first-order chi connectivity index (χ1) is 12.9. The number of rotatable bonds is 8. The second-order valence-electron chi connectivity index (χ2n) is 6.59. The van der Waals surface area contributed by atoms with E-state index < -0.39 is 5.82 Å². The second kappa shape index (κ2) is 9.71. The van der Waals surface area contributed by atoms with E-state index in [0.29, 0.717) is 18.7 Å². The van der Waals surface area contributed by atoms with E-state index in [4.69, 9.17) is 4.74 Å². The van der Waals surface area contributed by atoms with Crippen molar-refractivity contribution in [2.75, 3.05) is 12.4 Å². The van der Waals surface area contributed by atoms with E-state index in [9.17, 15) is 14.0 Å². The molecule has 27 heavy (non-hydrogen) atoms. The molecule has 6 heteroatoms. The Labute approximate surface area is 158 Å². The zero-order valence-corrected chi connectivity index (χ0v) is 15.8. The largest absolute Gasteiger partial charge is 0.494 e. The van der Waals surface area contributed by atoms with Gasteiger partial charge in [0.05, 0.1) is 7.11 Å². The summed E-state index contributed by atoms with van der Waals surface area (Å²) in [6.45, 7) is 4.02. The molecule has 0 spiro atoms. The van der Waals surface area contributed by atoms with E-state index in [1.54, 1.807) is 12.1 Å². The van der Waals surface area contributed by atoms with Crippen LogP contribution in [-0.4, -0.2) is 18.9 Å². The van der Waals surface area contributed by atoms with E-state index in [1.165, 1.54) is 13.2 Å². The zero-order valence-electron chi connectivity index (χ0n) is 15.8. The molecule has 5 nitrogen and oxygen atoms in total. The Kier molecular flexibility index (Phi) is 7.34. The van der Waals surface area contributed by atoms with Gasteiger partial charge in [0.1, 0.15) is 0 Å². The average Bonchev–Trinajstić information content (AvgIpc) is 2.65. The summed E-state index contributed by atoms with van der Waals surface area (Å²) in [6.07, 6.45) is 0.701. The Morgan fingerprint density at radius 2 is 1.89 bits per heavy atom. The molecule has 2 aromatic rings. The van der Waals surface area contributed by atoms with Gasteiger partial charge in [0.2, 0.25) is 11.8 Å². The highest BCUT2D eigenvalue weighted by molar-refractivity contribution is 5.92. The fourth-order valence-corrected chi connectivity index (χ4v) is 2.46. The molecule has 0 saturated heterocycles. The third-order valence-corrected chi connectivity index (χ3v) is 4.07. The zero-order chi connectivity index (χ0) is 19.8. The van der Waals surface area contributed by atoms with Gasteiger partial charge in [0.25, 0.3) is 0 Å². The quantitative estimate of drug-likeness (QED) is 0.743. The first-order valence-corrected chi connectivity index (χ1v) is 8.88. The monoisotopic (exact) mass is 372 g/mol. The topological polar surface area (TPSA) is 67.4 Å². The smallest absolute Gasteiger partial charge is 0.226 e. The minimum Gasteiger partial charge on any atom is -0.494 e. The first-order valence-electron chi connectivity index (χ1n) is 8.88. The molecule has 0 bridgehead atoms. The van der Waals surface area contributed by atoms with Gasteiger partial charge in [-0.3, -0.25) is 9.59 Å². The predicted molar refractivity (Wildman–Crippen MR) is 103 cm³/mol. The van der Waals surface area contributed by atoms with Crippen molar-refractivity contribution in [2.24, 2.45) is 5.92 Å². The molecule has 0 fully saturated rings. The van der Waals surface area contributed by atoms with Crippen molar-refractivity contribution in [2.45, 2.75) is 33.2 Å². The molecule has 0 aliphatic carbocycles. The standard InChI is InChI=1S/C21H25FN2O3/c1-14(2)21(26)24-17-6-4-5-16(11-17)13-23-20(25)10-8-15-7-9-19(27-3)18(22)12-15/h4-7,9,11-12,14H,8,10,13H2,1-3H3,(H,23,25)(H,24,26). The maximum Gasteiger partial charge on any atom is 0.226 e. The highest BCUT2D eigenvalue weighted by Crippen LogP contribution is 2.18. The molecule has 0 heterocycles. The number of halogens is 1. The Morgan fingerprint density at radius 1 is 1.11 bits per heavy atom. The fraction of sp³-hybridized carbons (Fsp3) is 0.333. The predicted octanol–water partition coefficient (Wildman–Crippen LogP) is 3.68. The number of amides is 2. The highest BCUT2D eigenvalue weighted by atomic mass is 19.1. The molecular weight excluding hydrogens is 347 g/mol. The lowest BCUT2D eigenvalue weighted by molar-refractivity contribution is -0.121. The number of anilines is 1. The summed E-state index contributed by atoms with van der Waals surface area (Å²) < 4.78 is 18.5. The lowest BCUT2D eigenvalue weighted by Gasteiger charge is -2.10. The van der Waals surface area contributed by atoms with Crippen molar-refractivity contribution in [3.05, 3.63) is 59.4 Å². The van der Waals surface area contributed by atoms with E-state index in [0.717, 1.165) is 11.1 Å². The molecule has 0 radical (unpaired) electrons. The van der Waals surface area contributed by atoms with Crippen molar-refractivity contribution in [3.63, 3.8) is 0 Å². The van der Waals surface area contributed by atoms with E-state index >= 15 is 0 Å². The van der Waals surface area contributed by atoms with Crippen LogP contribution in [0.2, 0.25) is 0 Å². The number of hydrogen-bond donors (Lipinski definition) is 2. The van der Waals surface area contributed by atoms with Crippen LogP contribution in [0.5, 0.6) is 5.75 Å². The molecule has 0 aliphatic heterocycles. The number of hydrogen-bond acceptors (Lipinski definition) is 3. The van der Waals surface area contributed by atoms with E-state index in [-0.39, 0.29) is 29.9 Å². The van der Waals surface area contributed by atoms with Crippen molar-refractivity contribution in [1.82, 2.24) is 5.32 Å². The molecule has 2 aromatic carbocycles. The van der Waals surface area contributed by atoms with Crippen molar-refractivity contribution in [3.8, 4) is 5.75 Å². The number of ether oxygens (including phenoxy) is 1. The van der Waals surface area contributed by atoms with Crippen molar-refractivity contribution in [1.29, 1.82) is 0 Å². The number of benzene rings is 2. The minimum atomic E-state index is -0.435. The number of carbonyl (C=O) groups excluding carboxylic acids is 2. The van der Waals surface area contributed by atoms with Gasteiger partial charge in [0, 0.05) is 24.6 Å². The Hall–Kier alpha value is -2.89. The third-order valence-electron chi connectivity index (χ3n) is 4.07. The van der Waals surface area contributed by atoms with Crippen LogP contribution in [0, 0.1) is 11.7 Å². The van der Waals surface area contributed by atoms with Gasteiger partial charge in [0.15, 0.2) is 11.6 Å². The summed E-state index contributed by atoms with van der Waals surface area (Å²) in [5, 5.41) is 5.67. The molecule has 0 atom stereocenters. The third kappa shape index (κ3) is 6.40. The summed E-state index contributed by atoms with van der Waals surface area (Å²) in [5.74, 6) is -0.523. The molecule has 2 N–H and O–H groups in total. The van der Waals surface area contributed by atoms with Crippen LogP contribution in [-0.2, 0) is 22.6 Å². The van der Waals surface area contributed by atoms with Crippen LogP contribution in [0.1, 0.15) is 31.4 Å². The van der Waals surface area contributed by atoms with Crippen LogP contribution in [0.3, 0.4) is 0 Å². The minimum absolute atomic E-state index is 0.0529. The number of nitrogens with one attached hydrogen (secondary N) is 2. The normalized spacial score (nSPS) is 10.6. The van der Waals surface area contributed by atoms with Gasteiger partial charge in [-0.15, -0.1) is 0 Å². The van der Waals surface area contributed by atoms with Gasteiger partial charge in [-0.25, -0.2) is 4.39 Å². The van der Waals surface area contributed by atoms with E-state index in [1.807, 2.05) is 38.1 Å². The molecule has 0 aliphatic rings. The van der Waals surface area contributed by atoms with Crippen LogP contribution in [0.4, 0.5) is 10.1 Å². The van der Waals surface area contributed by atoms with E-state index in [2.05, 4.69) is 10.6 Å². The van der Waals surface area contributed by atoms with Crippen LogP contribution in [0.25, 0.3) is 0 Å². The molecule has 2 amide bonds. The summed E-state index contributed by atoms with van der Waals surface area (Å²) in [7, 11) is 1.41. The second-order valence-corrected chi connectivity index (χ2v) is 6.59. The van der Waals surface area contributed by atoms with Gasteiger partial charge in [-0.1, -0.05) is 32.0 Å². The highest BCUT2D eigenvalue weighted by Gasteiger charge is 2.09. The summed E-state index contributed by atoms with van der Waals surface area (Å²) in [5.41, 5.74) is 2.33. The molecule has 0 aromatic heterocycles. The maximum absolute atomic E-state index is 13.7. The van der Waals surface area contributed by atoms with Crippen molar-refractivity contribution < 1.29 is 18.7 Å². The van der Waals surface area contributed by atoms with Crippen LogP contribution in [0.15, 0.2) is 42.5 Å². The Bertz CT molecular complexity index is 806. The first kappa shape index (κ1) is 20.4. The maximum atomic E-state index is 13.7. The van der Waals surface area contributed by atoms with Gasteiger partial charge >= 0.3 is 0 Å². The number of methoxy groups -OCH3 is 1. The fourth-order valence-electron chi connectivity index (χ4n) is 2.46. The summed E-state index contributed by atoms with van der Waals surface area (Å²) in [4.78, 5) is 23.8.